The summed E-state index contributed by atoms with van der Waals surface area (Å²) in [5.41, 5.74) is -2.16. The summed E-state index contributed by atoms with van der Waals surface area (Å²) >= 11 is 2.99. The fraction of sp³-hybridized carbons (Fsp3) is 0.471. The number of alkyl carbamates (subject to hydrolysis) is 2. The number of ether oxygens (including phenoxy) is 2. The van der Waals surface area contributed by atoms with Crippen LogP contribution in [0.3, 0.4) is 0 Å². The van der Waals surface area contributed by atoms with Gasteiger partial charge in [-0.2, -0.15) is 0 Å². The van der Waals surface area contributed by atoms with Crippen LogP contribution in [-0.4, -0.2) is 28.4 Å². The van der Waals surface area contributed by atoms with Crippen molar-refractivity contribution >= 4 is 39.2 Å². The molecule has 2 rings (SSSR count). The Kier molecular flexibility index (Phi) is 5.79. The van der Waals surface area contributed by atoms with E-state index in [1.807, 2.05) is 5.32 Å². The molecule has 0 aliphatic rings. The van der Waals surface area contributed by atoms with Crippen LogP contribution in [0, 0.1) is 11.6 Å². The molecule has 0 saturated heterocycles. The molecule has 7 nitrogen and oxygen atoms in total. The predicted molar refractivity (Wildman–Crippen MR) is 95.3 cm³/mol. The summed E-state index contributed by atoms with van der Waals surface area (Å²) in [5.74, 6) is -1.68. The third-order valence-electron chi connectivity index (χ3n) is 3.11. The summed E-state index contributed by atoms with van der Waals surface area (Å²) in [4.78, 5) is 27.5. The third kappa shape index (κ3) is 5.62. The van der Waals surface area contributed by atoms with Crippen LogP contribution in [0.4, 0.5) is 18.4 Å². The Morgan fingerprint density at radius 2 is 1.74 bits per heavy atom. The van der Waals surface area contributed by atoms with Crippen LogP contribution in [0.5, 0.6) is 0 Å². The second kappa shape index (κ2) is 7.41. The highest BCUT2D eigenvalue weighted by Crippen LogP contribution is 2.30. The zero-order valence-electron chi connectivity index (χ0n) is 15.4. The lowest BCUT2D eigenvalue weighted by molar-refractivity contribution is 0.0255. The first-order valence-corrected chi connectivity index (χ1v) is 8.72. The molecule has 0 radical (unpaired) electrons. The lowest BCUT2D eigenvalue weighted by Gasteiger charge is -2.24. The Hall–Kier alpha value is -2.23. The number of oxazole rings is 1. The van der Waals surface area contributed by atoms with Crippen LogP contribution in [-0.2, 0) is 15.9 Å². The van der Waals surface area contributed by atoms with Gasteiger partial charge in [0, 0.05) is 6.07 Å². The van der Waals surface area contributed by atoms with Crippen molar-refractivity contribution in [1.82, 2.24) is 10.3 Å². The van der Waals surface area contributed by atoms with E-state index >= 15 is 0 Å². The van der Waals surface area contributed by atoms with Gasteiger partial charge >= 0.3 is 12.2 Å². The summed E-state index contributed by atoms with van der Waals surface area (Å²) in [6.07, 6.45) is -2.02. The van der Waals surface area contributed by atoms with Crippen molar-refractivity contribution in [3.8, 4) is 0 Å². The Bertz CT molecular complexity index is 890. The minimum Gasteiger partial charge on any atom is -0.443 e. The van der Waals surface area contributed by atoms with E-state index in [1.54, 1.807) is 34.6 Å². The second-order valence-corrected chi connectivity index (χ2v) is 8.19. The average Bonchev–Trinajstić information content (AvgIpc) is 2.85. The molecular weight excluding hydrogens is 430 g/mol. The molecule has 0 saturated carbocycles. The third-order valence-corrected chi connectivity index (χ3v) is 3.86. The van der Waals surface area contributed by atoms with Crippen molar-refractivity contribution in [2.45, 2.75) is 52.2 Å². The molecule has 1 heterocycles. The van der Waals surface area contributed by atoms with E-state index in [1.165, 1.54) is 0 Å². The summed E-state index contributed by atoms with van der Waals surface area (Å²) in [7, 11) is 0. The quantitative estimate of drug-likeness (QED) is 0.674. The molecule has 0 fully saturated rings. The van der Waals surface area contributed by atoms with Gasteiger partial charge in [0.05, 0.1) is 10.9 Å². The van der Waals surface area contributed by atoms with E-state index in [9.17, 15) is 18.4 Å². The summed E-state index contributed by atoms with van der Waals surface area (Å²) < 4.78 is 42.8. The number of fused-ring (bicyclic) bond motifs is 1. The first-order valence-electron chi connectivity index (χ1n) is 7.93. The molecule has 27 heavy (non-hydrogen) atoms. The molecule has 0 aliphatic carbocycles. The van der Waals surface area contributed by atoms with E-state index < -0.39 is 35.0 Å². The molecule has 1 aromatic carbocycles. The van der Waals surface area contributed by atoms with Crippen LogP contribution in [0.2, 0.25) is 0 Å². The number of carbonyl (C=O) groups excluding carboxylic acids is 2. The largest absolute Gasteiger partial charge is 0.443 e. The Balaban J connectivity index is 2.09. The van der Waals surface area contributed by atoms with Gasteiger partial charge in [0.2, 0.25) is 0 Å². The smallest absolute Gasteiger partial charge is 0.417 e. The highest BCUT2D eigenvalue weighted by molar-refractivity contribution is 9.10. The van der Waals surface area contributed by atoms with Crippen molar-refractivity contribution in [3.05, 3.63) is 28.1 Å². The van der Waals surface area contributed by atoms with E-state index in [2.05, 4.69) is 20.9 Å². The molecule has 1 N–H and O–H groups in total. The molecule has 0 unspecified atom stereocenters. The fourth-order valence-electron chi connectivity index (χ4n) is 2.17. The van der Waals surface area contributed by atoms with Gasteiger partial charge in [0.15, 0.2) is 17.3 Å². The van der Waals surface area contributed by atoms with E-state index in [4.69, 9.17) is 13.9 Å². The molecule has 10 heteroatoms. The van der Waals surface area contributed by atoms with Crippen molar-refractivity contribution in [2.24, 2.45) is 0 Å². The molecule has 0 atom stereocenters. The minimum atomic E-state index is -1.16. The van der Waals surface area contributed by atoms with Crippen LogP contribution in [0.25, 0.3) is 11.1 Å². The topological polar surface area (TPSA) is 90.7 Å². The lowest BCUT2D eigenvalue weighted by atomic mass is 10.1. The molecule has 2 aromatic rings. The maximum absolute atomic E-state index is 13.8. The van der Waals surface area contributed by atoms with Gasteiger partial charge in [0.25, 0.3) is 0 Å². The van der Waals surface area contributed by atoms with Gasteiger partial charge < -0.3 is 13.9 Å². The number of nitrogens with one attached hydrogen (secondary N) is 1. The molecule has 0 bridgehead atoms. The number of hydrogen-bond donors (Lipinski definition) is 1. The Morgan fingerprint density at radius 3 is 2.33 bits per heavy atom. The summed E-state index contributed by atoms with van der Waals surface area (Å²) in [5, 5.41) is 1.94. The Labute approximate surface area is 162 Å². The van der Waals surface area contributed by atoms with E-state index in [0.29, 0.717) is 6.07 Å². The number of halogens is 3. The molecule has 0 spiro atoms. The number of imide groups is 1. The van der Waals surface area contributed by atoms with Crippen molar-refractivity contribution < 1.29 is 32.3 Å². The standard InChI is InChI=1S/C17H19BrF2N2O5/c1-16(2,3)26-14(23)22-15(24)27-17(4,5)7-10-21-12-11(18)8(19)6-9(20)13(12)25-10/h6H,7H2,1-5H3,(H,22,23,24). The van der Waals surface area contributed by atoms with Crippen molar-refractivity contribution in [2.75, 3.05) is 0 Å². The zero-order valence-corrected chi connectivity index (χ0v) is 17.0. The number of hydrogen-bond acceptors (Lipinski definition) is 6. The van der Waals surface area contributed by atoms with Gasteiger partial charge in [-0.1, -0.05) is 0 Å². The normalized spacial score (nSPS) is 12.1. The number of carbonyl (C=O) groups is 2. The number of benzene rings is 1. The van der Waals surface area contributed by atoms with Crippen LogP contribution in [0.15, 0.2) is 15.0 Å². The first kappa shape index (κ1) is 21.1. The number of aromatic nitrogens is 1. The zero-order chi connectivity index (χ0) is 20.6. The minimum absolute atomic E-state index is 0.0171. The number of nitrogens with zero attached hydrogens (tertiary/aromatic N) is 1. The fourth-order valence-corrected chi connectivity index (χ4v) is 2.55. The van der Waals surface area contributed by atoms with Crippen LogP contribution in [0.1, 0.15) is 40.5 Å². The Morgan fingerprint density at radius 1 is 1.15 bits per heavy atom. The van der Waals surface area contributed by atoms with Crippen molar-refractivity contribution in [1.29, 1.82) is 0 Å². The number of rotatable bonds is 3. The van der Waals surface area contributed by atoms with Gasteiger partial charge in [-0.05, 0) is 50.5 Å². The van der Waals surface area contributed by atoms with Gasteiger partial charge in [-0.3, -0.25) is 0 Å². The lowest BCUT2D eigenvalue weighted by Crippen LogP contribution is -2.41. The summed E-state index contributed by atoms with van der Waals surface area (Å²) in [6, 6.07) is 0.678. The maximum Gasteiger partial charge on any atom is 0.417 e. The molecular formula is C17H19BrF2N2O5. The second-order valence-electron chi connectivity index (χ2n) is 7.39. The van der Waals surface area contributed by atoms with E-state index in [-0.39, 0.29) is 27.9 Å². The maximum atomic E-state index is 13.8. The molecule has 2 amide bonds. The first-order chi connectivity index (χ1) is 12.3. The predicted octanol–water partition coefficient (Wildman–Crippen LogP) is 4.85. The van der Waals surface area contributed by atoms with Gasteiger partial charge in [-0.25, -0.2) is 28.7 Å². The SMILES string of the molecule is CC(C)(C)OC(=O)NC(=O)OC(C)(C)Cc1nc2c(Br)c(F)cc(F)c2o1. The molecule has 148 valence electrons. The van der Waals surface area contributed by atoms with Crippen LogP contribution < -0.4 is 5.32 Å². The molecule has 1 aromatic heterocycles. The van der Waals surface area contributed by atoms with Gasteiger partial charge in [-0.15, -0.1) is 0 Å². The number of amides is 2. The monoisotopic (exact) mass is 448 g/mol. The summed E-state index contributed by atoms with van der Waals surface area (Å²) in [6.45, 7) is 8.03. The highest BCUT2D eigenvalue weighted by Gasteiger charge is 2.29. The average molecular weight is 449 g/mol. The van der Waals surface area contributed by atoms with E-state index in [0.717, 1.165) is 0 Å². The van der Waals surface area contributed by atoms with Crippen LogP contribution >= 0.6 is 15.9 Å². The molecule has 0 aliphatic heterocycles. The highest BCUT2D eigenvalue weighted by atomic mass is 79.9. The van der Waals surface area contributed by atoms with Gasteiger partial charge in [0.1, 0.15) is 22.5 Å². The van der Waals surface area contributed by atoms with Crippen molar-refractivity contribution in [3.63, 3.8) is 0 Å².